The summed E-state index contributed by atoms with van der Waals surface area (Å²) in [6.45, 7) is 0. The molecule has 0 atom stereocenters. The van der Waals surface area contributed by atoms with Crippen LogP contribution in [0.1, 0.15) is 0 Å². The molecule has 8 rings (SSSR count). The topological polar surface area (TPSA) is 0 Å². The summed E-state index contributed by atoms with van der Waals surface area (Å²) in [6, 6.07) is 58.7. The van der Waals surface area contributed by atoms with Gasteiger partial charge in [-0.1, -0.05) is 24.3 Å². The molecular formula is C42H28Cl2F12Zr2-2. The molecule has 0 saturated carbocycles. The molecule has 58 heavy (non-hydrogen) atoms. The largest absolute Gasteiger partial charge is 1.00 e. The predicted molar refractivity (Wildman–Crippen MR) is 192 cm³/mol. The Labute approximate surface area is 367 Å². The minimum Gasteiger partial charge on any atom is -1.00 e. The van der Waals surface area contributed by atoms with Gasteiger partial charge in [0.2, 0.25) is 0 Å². The van der Waals surface area contributed by atoms with Gasteiger partial charge in [-0.2, -0.15) is 70.1 Å². The van der Waals surface area contributed by atoms with Crippen LogP contribution in [-0.2, 0) is 48.5 Å². The molecule has 0 aliphatic carbocycles. The Morgan fingerprint density at radius 2 is 0.483 bits per heavy atom. The Morgan fingerprint density at radius 1 is 0.310 bits per heavy atom. The molecule has 0 nitrogen and oxygen atoms in total. The van der Waals surface area contributed by atoms with Gasteiger partial charge in [0.15, 0.2) is 0 Å². The second kappa shape index (κ2) is 24.0. The first-order chi connectivity index (χ1) is 26.2. The molecule has 16 heteroatoms. The van der Waals surface area contributed by atoms with Gasteiger partial charge < -0.3 is 24.8 Å². The fraction of sp³-hybridized carbons (Fsp3) is 0.0952. The summed E-state index contributed by atoms with van der Waals surface area (Å²) in [7, 11) is 0. The van der Waals surface area contributed by atoms with Crippen LogP contribution in [0.25, 0.3) is 43.1 Å². The molecule has 0 saturated heterocycles. The smallest absolute Gasteiger partial charge is 0.0809 e. The number of hydrogen-bond acceptors (Lipinski definition) is 0. The van der Waals surface area contributed by atoms with Crippen LogP contribution in [0.5, 0.6) is 0 Å². The van der Waals surface area contributed by atoms with E-state index in [9.17, 15) is 52.7 Å². The minimum atomic E-state index is -5.23. The second-order valence-corrected chi connectivity index (χ2v) is 13.8. The first-order valence-electron chi connectivity index (χ1n) is 16.1. The van der Waals surface area contributed by atoms with E-state index in [4.69, 9.17) is 0 Å². The van der Waals surface area contributed by atoms with Gasteiger partial charge in [0.1, 0.15) is 0 Å². The molecule has 0 aromatic heterocycles. The fourth-order valence-electron chi connectivity index (χ4n) is 4.60. The average Bonchev–Trinajstić information content (AvgIpc) is 3.97. The van der Waals surface area contributed by atoms with Crippen LogP contribution in [0.4, 0.5) is 52.7 Å². The zero-order valence-corrected chi connectivity index (χ0v) is 35.9. The van der Waals surface area contributed by atoms with Crippen molar-refractivity contribution in [3.63, 3.8) is 0 Å². The van der Waals surface area contributed by atoms with Crippen LogP contribution < -0.4 is 24.8 Å². The van der Waals surface area contributed by atoms with E-state index in [0.29, 0.717) is 0 Å². The van der Waals surface area contributed by atoms with E-state index in [-0.39, 0.29) is 24.8 Å². The molecular weight excluding hydrogens is 986 g/mol. The van der Waals surface area contributed by atoms with Crippen LogP contribution in [-0.4, -0.2) is 31.1 Å². The van der Waals surface area contributed by atoms with Gasteiger partial charge in [0, 0.05) is 0 Å². The first-order valence-corrected chi connectivity index (χ1v) is 18.5. The standard InChI is InChI=1S/4C9H7.2C3F6.2ClH.2Zr/c4*1-2-5-9-7-3-6-8(9)4-1;2*4-2(5,6)1-3(7,8)9;;;;/h4*1-7H;;;2*1H;;/q4*-1;;;;;2*+2/p-2. The van der Waals surface area contributed by atoms with Gasteiger partial charge in [-0.25, -0.2) is 0 Å². The van der Waals surface area contributed by atoms with Crippen molar-refractivity contribution in [3.8, 4) is 0 Å². The van der Waals surface area contributed by atoms with Crippen molar-refractivity contribution in [3.05, 3.63) is 170 Å². The number of benzene rings is 4. The van der Waals surface area contributed by atoms with Crippen LogP contribution >= 0.6 is 0 Å². The zero-order chi connectivity index (χ0) is 41.6. The summed E-state index contributed by atoms with van der Waals surface area (Å²) in [5.41, 5.74) is 0. The molecule has 0 fully saturated rings. The molecule has 0 bridgehead atoms. The minimum absolute atomic E-state index is 0. The molecule has 0 aliphatic heterocycles. The van der Waals surface area contributed by atoms with E-state index >= 15 is 0 Å². The second-order valence-electron chi connectivity index (χ2n) is 11.4. The summed E-state index contributed by atoms with van der Waals surface area (Å²) in [4.78, 5) is 0. The van der Waals surface area contributed by atoms with E-state index in [2.05, 4.69) is 170 Å². The number of hydrogen-bond donors (Lipinski definition) is 0. The third-order valence-electron chi connectivity index (χ3n) is 7.32. The first kappa shape index (κ1) is 52.6. The molecule has 8 aromatic rings. The van der Waals surface area contributed by atoms with E-state index < -0.39 is 79.6 Å². The third kappa shape index (κ3) is 17.8. The van der Waals surface area contributed by atoms with Crippen molar-refractivity contribution in [2.45, 2.75) is 24.7 Å². The van der Waals surface area contributed by atoms with Crippen molar-refractivity contribution in [1.29, 1.82) is 0 Å². The fourth-order valence-corrected chi connectivity index (χ4v) is 4.60. The Kier molecular flexibility index (Phi) is 21.7. The van der Waals surface area contributed by atoms with Crippen molar-refractivity contribution in [1.82, 2.24) is 0 Å². The monoisotopic (exact) mass is 1010 g/mol. The molecule has 0 unspecified atom stereocenters. The maximum atomic E-state index is 11.2. The molecule has 0 N–H and O–H groups in total. The van der Waals surface area contributed by atoms with Gasteiger partial charge >= 0.3 is 132 Å². The van der Waals surface area contributed by atoms with E-state index in [0.717, 1.165) is 0 Å². The third-order valence-corrected chi connectivity index (χ3v) is 10.1. The van der Waals surface area contributed by atoms with Crippen LogP contribution in [0.15, 0.2) is 170 Å². The van der Waals surface area contributed by atoms with E-state index in [1.54, 1.807) is 0 Å². The van der Waals surface area contributed by atoms with E-state index in [1.165, 1.54) is 43.1 Å². The maximum Gasteiger partial charge on any atom is -0.0809 e. The van der Waals surface area contributed by atoms with Crippen molar-refractivity contribution in [2.75, 3.05) is 0 Å². The predicted octanol–water partition coefficient (Wildman–Crippen LogP) is 7.90. The summed E-state index contributed by atoms with van der Waals surface area (Å²) >= 11 is -1.33. The Hall–Kier alpha value is -3.43. The molecule has 0 spiro atoms. The summed E-state index contributed by atoms with van der Waals surface area (Å²) < 4.78 is 130. The zero-order valence-electron chi connectivity index (χ0n) is 29.5. The number of fused-ring (bicyclic) bond motifs is 4. The molecule has 0 amide bonds. The quantitative estimate of drug-likeness (QED) is 0.107. The van der Waals surface area contributed by atoms with Gasteiger partial charge in [0.05, 0.1) is 0 Å². The Morgan fingerprint density at radius 3 is 0.621 bits per heavy atom. The number of alkyl halides is 12. The van der Waals surface area contributed by atoms with Crippen molar-refractivity contribution in [2.24, 2.45) is 0 Å². The maximum absolute atomic E-state index is 11.2. The number of rotatable bonds is 0. The van der Waals surface area contributed by atoms with Gasteiger partial charge in [-0.15, -0.1) is 119 Å². The van der Waals surface area contributed by atoms with Crippen molar-refractivity contribution >= 4 is 49.5 Å². The summed E-state index contributed by atoms with van der Waals surface area (Å²) in [6.07, 6.45) is -20.9. The van der Waals surface area contributed by atoms with Crippen molar-refractivity contribution < 1.29 is 126 Å². The molecule has 8 aromatic carbocycles. The average molecular weight is 1010 g/mol. The molecule has 0 heterocycles. The van der Waals surface area contributed by atoms with Gasteiger partial charge in [-0.3, -0.25) is 0 Å². The Bertz CT molecular complexity index is 1940. The normalized spacial score (nSPS) is 11.0. The van der Waals surface area contributed by atoms with Crippen LogP contribution in [0, 0.1) is 0 Å². The van der Waals surface area contributed by atoms with Crippen LogP contribution in [0.3, 0.4) is 0 Å². The summed E-state index contributed by atoms with van der Waals surface area (Å²) in [5, 5.41) is 10.6. The number of halogens is 14. The Balaban J connectivity index is 0.000000345. The molecule has 0 aliphatic rings. The van der Waals surface area contributed by atoms with E-state index in [1.807, 2.05) is 0 Å². The molecule has 304 valence electrons. The van der Waals surface area contributed by atoms with Gasteiger partial charge in [0.25, 0.3) is 0 Å². The van der Waals surface area contributed by atoms with Gasteiger partial charge in [-0.05, 0) is 0 Å². The molecule has 0 radical (unpaired) electrons. The summed E-state index contributed by atoms with van der Waals surface area (Å²) in [5.74, 6) is 0. The van der Waals surface area contributed by atoms with Crippen LogP contribution in [0.2, 0.25) is 0 Å². The SMILES string of the molecule is FC(F)(F)[C](=[Zr+2])C(F)(F)F.FC(F)(F)[C](=[Zr+2])C(F)(F)F.[Cl-].[Cl-].c1ccc2[cH-]ccc2c1.c1ccc2[cH-]ccc2c1.c1ccc2[cH-]ccc2c1.c1ccc2[cH-]ccc2c1.